The Balaban J connectivity index is 2.55. The van der Waals surface area contributed by atoms with Crippen molar-refractivity contribution in [1.82, 2.24) is 4.98 Å². The van der Waals surface area contributed by atoms with Crippen molar-refractivity contribution in [3.63, 3.8) is 0 Å². The molecule has 0 N–H and O–H groups in total. The lowest BCUT2D eigenvalue weighted by molar-refractivity contribution is 1.29. The first-order valence-corrected chi connectivity index (χ1v) is 5.13. The van der Waals surface area contributed by atoms with Crippen LogP contribution in [0.1, 0.15) is 16.7 Å². The smallest absolute Gasteiger partial charge is 0.101 e. The molecule has 0 radical (unpaired) electrons. The third-order valence-electron chi connectivity index (χ3n) is 2.56. The van der Waals surface area contributed by atoms with Crippen LogP contribution in [0, 0.1) is 25.2 Å². The molecule has 1 heterocycles. The van der Waals surface area contributed by atoms with Crippen LogP contribution >= 0.6 is 0 Å². The van der Waals surface area contributed by atoms with Crippen LogP contribution in [-0.2, 0) is 0 Å². The van der Waals surface area contributed by atoms with Crippen LogP contribution in [0.3, 0.4) is 0 Å². The summed E-state index contributed by atoms with van der Waals surface area (Å²) in [5.74, 6) is 0. The monoisotopic (exact) mass is 208 g/mol. The van der Waals surface area contributed by atoms with E-state index in [9.17, 15) is 0 Å². The average molecular weight is 208 g/mol. The van der Waals surface area contributed by atoms with E-state index < -0.39 is 0 Å². The van der Waals surface area contributed by atoms with Crippen LogP contribution in [0.4, 0.5) is 0 Å². The SMILES string of the molecule is Cc1ccc(-c2cncc(C#N)c2)c(C)c1. The lowest BCUT2D eigenvalue weighted by atomic mass is 9.99. The van der Waals surface area contributed by atoms with Gasteiger partial charge in [0.2, 0.25) is 0 Å². The number of hydrogen-bond donors (Lipinski definition) is 0. The Labute approximate surface area is 95.2 Å². The second kappa shape index (κ2) is 4.16. The highest BCUT2D eigenvalue weighted by atomic mass is 14.6. The fraction of sp³-hybridized carbons (Fsp3) is 0.143. The summed E-state index contributed by atoms with van der Waals surface area (Å²) in [6.07, 6.45) is 3.37. The van der Waals surface area contributed by atoms with Crippen LogP contribution in [0.5, 0.6) is 0 Å². The topological polar surface area (TPSA) is 36.7 Å². The van der Waals surface area contributed by atoms with E-state index in [1.807, 2.05) is 6.07 Å². The molecule has 2 heteroatoms. The molecule has 1 aromatic carbocycles. The normalized spacial score (nSPS) is 9.81. The van der Waals surface area contributed by atoms with Crippen LogP contribution in [0.2, 0.25) is 0 Å². The van der Waals surface area contributed by atoms with E-state index in [2.05, 4.69) is 43.1 Å². The first-order chi connectivity index (χ1) is 7.70. The van der Waals surface area contributed by atoms with Gasteiger partial charge in [0.1, 0.15) is 6.07 Å². The number of hydrogen-bond acceptors (Lipinski definition) is 2. The van der Waals surface area contributed by atoms with Gasteiger partial charge in [0.15, 0.2) is 0 Å². The second-order valence-electron chi connectivity index (χ2n) is 3.89. The van der Waals surface area contributed by atoms with Gasteiger partial charge in [-0.05, 0) is 31.0 Å². The van der Waals surface area contributed by atoms with E-state index in [4.69, 9.17) is 5.26 Å². The molecule has 78 valence electrons. The van der Waals surface area contributed by atoms with E-state index >= 15 is 0 Å². The molecule has 2 rings (SSSR count). The summed E-state index contributed by atoms with van der Waals surface area (Å²) in [6.45, 7) is 4.14. The number of nitriles is 1. The van der Waals surface area contributed by atoms with Gasteiger partial charge < -0.3 is 0 Å². The molecule has 0 amide bonds. The minimum Gasteiger partial charge on any atom is -0.263 e. The quantitative estimate of drug-likeness (QED) is 0.721. The lowest BCUT2D eigenvalue weighted by Gasteiger charge is -2.06. The summed E-state index contributed by atoms with van der Waals surface area (Å²) in [4.78, 5) is 4.07. The van der Waals surface area contributed by atoms with Crippen molar-refractivity contribution in [2.45, 2.75) is 13.8 Å². The van der Waals surface area contributed by atoms with E-state index in [0.717, 1.165) is 11.1 Å². The van der Waals surface area contributed by atoms with Gasteiger partial charge in [0.05, 0.1) is 5.56 Å². The molecule has 0 saturated carbocycles. The van der Waals surface area contributed by atoms with Gasteiger partial charge >= 0.3 is 0 Å². The van der Waals surface area contributed by atoms with E-state index in [1.165, 1.54) is 11.1 Å². The molecule has 0 aliphatic carbocycles. The predicted octanol–water partition coefficient (Wildman–Crippen LogP) is 3.24. The summed E-state index contributed by atoms with van der Waals surface area (Å²) < 4.78 is 0. The Kier molecular flexibility index (Phi) is 2.70. The number of aryl methyl sites for hydroxylation is 2. The number of rotatable bonds is 1. The van der Waals surface area contributed by atoms with E-state index in [1.54, 1.807) is 12.4 Å². The van der Waals surface area contributed by atoms with Gasteiger partial charge in [-0.25, -0.2) is 0 Å². The molecule has 0 aliphatic heterocycles. The Bertz CT molecular complexity index is 565. The molecule has 1 aromatic heterocycles. The summed E-state index contributed by atoms with van der Waals surface area (Å²) in [5.41, 5.74) is 5.17. The van der Waals surface area contributed by atoms with Crippen LogP contribution in [-0.4, -0.2) is 4.98 Å². The van der Waals surface area contributed by atoms with Crippen molar-refractivity contribution in [3.8, 4) is 17.2 Å². The van der Waals surface area contributed by atoms with Crippen LogP contribution in [0.15, 0.2) is 36.7 Å². The summed E-state index contributed by atoms with van der Waals surface area (Å²) in [7, 11) is 0. The summed E-state index contributed by atoms with van der Waals surface area (Å²) in [5, 5.41) is 8.83. The van der Waals surface area contributed by atoms with Crippen molar-refractivity contribution in [1.29, 1.82) is 5.26 Å². The Hall–Kier alpha value is -2.14. The third-order valence-corrected chi connectivity index (χ3v) is 2.56. The number of aromatic nitrogens is 1. The Morgan fingerprint density at radius 2 is 1.94 bits per heavy atom. The zero-order valence-corrected chi connectivity index (χ0v) is 9.36. The molecule has 0 fully saturated rings. The first-order valence-electron chi connectivity index (χ1n) is 5.13. The minimum absolute atomic E-state index is 0.595. The van der Waals surface area contributed by atoms with E-state index in [-0.39, 0.29) is 0 Å². The average Bonchev–Trinajstić information content (AvgIpc) is 2.29. The largest absolute Gasteiger partial charge is 0.263 e. The maximum Gasteiger partial charge on any atom is 0.101 e. The van der Waals surface area contributed by atoms with Crippen molar-refractivity contribution in [2.24, 2.45) is 0 Å². The molecule has 2 nitrogen and oxygen atoms in total. The van der Waals surface area contributed by atoms with Crippen molar-refractivity contribution in [2.75, 3.05) is 0 Å². The van der Waals surface area contributed by atoms with E-state index in [0.29, 0.717) is 5.56 Å². The highest BCUT2D eigenvalue weighted by Crippen LogP contribution is 2.23. The Morgan fingerprint density at radius 3 is 2.62 bits per heavy atom. The molecule has 2 aromatic rings. The minimum atomic E-state index is 0.595. The highest BCUT2D eigenvalue weighted by molar-refractivity contribution is 5.67. The van der Waals surface area contributed by atoms with Gasteiger partial charge in [0, 0.05) is 18.0 Å². The van der Waals surface area contributed by atoms with Crippen molar-refractivity contribution >= 4 is 0 Å². The van der Waals surface area contributed by atoms with Crippen LogP contribution < -0.4 is 0 Å². The van der Waals surface area contributed by atoms with Crippen molar-refractivity contribution < 1.29 is 0 Å². The molecule has 0 atom stereocenters. The van der Waals surface area contributed by atoms with Crippen molar-refractivity contribution in [3.05, 3.63) is 53.3 Å². The number of nitrogens with zero attached hydrogens (tertiary/aromatic N) is 2. The van der Waals surface area contributed by atoms with Gasteiger partial charge in [-0.15, -0.1) is 0 Å². The highest BCUT2D eigenvalue weighted by Gasteiger charge is 2.03. The summed E-state index contributed by atoms with van der Waals surface area (Å²) >= 11 is 0. The van der Waals surface area contributed by atoms with Gasteiger partial charge in [-0.3, -0.25) is 4.98 Å². The maximum atomic E-state index is 8.83. The number of benzene rings is 1. The predicted molar refractivity (Wildman–Crippen MR) is 63.9 cm³/mol. The van der Waals surface area contributed by atoms with Crippen LogP contribution in [0.25, 0.3) is 11.1 Å². The van der Waals surface area contributed by atoms with Gasteiger partial charge in [-0.2, -0.15) is 5.26 Å². The molecule has 0 bridgehead atoms. The molecule has 0 unspecified atom stereocenters. The standard InChI is InChI=1S/C14H12N2/c1-10-3-4-14(11(2)5-10)13-6-12(7-15)8-16-9-13/h3-6,8-9H,1-2H3. The molecule has 0 spiro atoms. The summed E-state index contributed by atoms with van der Waals surface area (Å²) in [6, 6.07) is 10.2. The zero-order valence-electron chi connectivity index (χ0n) is 9.36. The zero-order chi connectivity index (χ0) is 11.5. The lowest BCUT2D eigenvalue weighted by Crippen LogP contribution is -1.87. The second-order valence-corrected chi connectivity index (χ2v) is 3.89. The molecule has 0 aliphatic rings. The fourth-order valence-electron chi connectivity index (χ4n) is 1.79. The third kappa shape index (κ3) is 1.94. The first kappa shape index (κ1) is 10.4. The maximum absolute atomic E-state index is 8.83. The van der Waals surface area contributed by atoms with Gasteiger partial charge in [-0.1, -0.05) is 23.8 Å². The molecule has 16 heavy (non-hydrogen) atoms. The Morgan fingerprint density at radius 1 is 1.12 bits per heavy atom. The molecular weight excluding hydrogens is 196 g/mol. The number of pyridine rings is 1. The molecule has 0 saturated heterocycles. The van der Waals surface area contributed by atoms with Gasteiger partial charge in [0.25, 0.3) is 0 Å². The fourth-order valence-corrected chi connectivity index (χ4v) is 1.79. The molecular formula is C14H12N2.